The first-order chi connectivity index (χ1) is 12.3. The van der Waals surface area contributed by atoms with Crippen LogP contribution in [0.1, 0.15) is 5.56 Å². The van der Waals surface area contributed by atoms with Crippen molar-refractivity contribution in [2.45, 2.75) is 6.54 Å². The van der Waals surface area contributed by atoms with Gasteiger partial charge in [0.15, 0.2) is 4.77 Å². The standard InChI is InChI=1S/C20H19N3OS/c25-20-22-17-9-4-10-18(19(17)23-20)24-12-11-21-13-15-7-3-6-14-5-1-2-8-16(14)15/h1-10,21H,11-13H2,(H2,22,23,25). The van der Waals surface area contributed by atoms with Gasteiger partial charge in [0.25, 0.3) is 0 Å². The molecule has 0 bridgehead atoms. The molecule has 126 valence electrons. The minimum absolute atomic E-state index is 0.593. The number of hydrogen-bond donors (Lipinski definition) is 3. The molecule has 0 spiro atoms. The van der Waals surface area contributed by atoms with E-state index < -0.39 is 0 Å². The van der Waals surface area contributed by atoms with Crippen LogP contribution in [0.5, 0.6) is 5.75 Å². The lowest BCUT2D eigenvalue weighted by Gasteiger charge is -2.10. The van der Waals surface area contributed by atoms with Gasteiger partial charge < -0.3 is 20.0 Å². The number of nitrogens with one attached hydrogen (secondary N) is 3. The van der Waals surface area contributed by atoms with Gasteiger partial charge in [-0.1, -0.05) is 48.5 Å². The third-order valence-electron chi connectivity index (χ3n) is 4.24. The highest BCUT2D eigenvalue weighted by Crippen LogP contribution is 2.22. The maximum absolute atomic E-state index is 5.90. The third kappa shape index (κ3) is 3.43. The number of aromatic amines is 2. The highest BCUT2D eigenvalue weighted by molar-refractivity contribution is 7.71. The van der Waals surface area contributed by atoms with Crippen molar-refractivity contribution < 1.29 is 4.74 Å². The van der Waals surface area contributed by atoms with Crippen molar-refractivity contribution in [2.24, 2.45) is 0 Å². The number of para-hydroxylation sites is 1. The van der Waals surface area contributed by atoms with E-state index in [2.05, 4.69) is 57.7 Å². The molecule has 0 radical (unpaired) electrons. The molecule has 5 heteroatoms. The van der Waals surface area contributed by atoms with Crippen molar-refractivity contribution >= 4 is 34.0 Å². The van der Waals surface area contributed by atoms with Crippen molar-refractivity contribution in [3.8, 4) is 5.75 Å². The van der Waals surface area contributed by atoms with Gasteiger partial charge >= 0.3 is 0 Å². The summed E-state index contributed by atoms with van der Waals surface area (Å²) in [4.78, 5) is 6.23. The zero-order valence-corrected chi connectivity index (χ0v) is 14.5. The number of hydrogen-bond acceptors (Lipinski definition) is 3. The Morgan fingerprint density at radius 1 is 0.920 bits per heavy atom. The average Bonchev–Trinajstić information content (AvgIpc) is 3.02. The fourth-order valence-electron chi connectivity index (χ4n) is 3.05. The Balaban J connectivity index is 1.36. The average molecular weight is 349 g/mol. The molecule has 0 amide bonds. The molecule has 0 aliphatic heterocycles. The molecule has 0 aliphatic rings. The van der Waals surface area contributed by atoms with Crippen molar-refractivity contribution in [1.82, 2.24) is 15.3 Å². The SMILES string of the molecule is S=c1[nH]c2cccc(OCCNCc3cccc4ccccc34)c2[nH]1. The number of aromatic nitrogens is 2. The van der Waals surface area contributed by atoms with E-state index in [0.717, 1.165) is 29.9 Å². The molecule has 1 aromatic heterocycles. The zero-order chi connectivity index (χ0) is 17.1. The first-order valence-corrected chi connectivity index (χ1v) is 8.73. The predicted molar refractivity (Wildman–Crippen MR) is 105 cm³/mol. The quantitative estimate of drug-likeness (QED) is 0.354. The lowest BCUT2D eigenvalue weighted by Crippen LogP contribution is -2.20. The van der Waals surface area contributed by atoms with Crippen LogP contribution in [0.4, 0.5) is 0 Å². The van der Waals surface area contributed by atoms with Gasteiger partial charge in [0, 0.05) is 13.1 Å². The first-order valence-electron chi connectivity index (χ1n) is 8.32. The molecule has 0 fully saturated rings. The van der Waals surface area contributed by atoms with E-state index >= 15 is 0 Å². The number of benzene rings is 3. The second kappa shape index (κ2) is 7.09. The maximum Gasteiger partial charge on any atom is 0.175 e. The molecule has 3 N–H and O–H groups in total. The topological polar surface area (TPSA) is 52.8 Å². The number of ether oxygens (including phenoxy) is 1. The summed E-state index contributed by atoms with van der Waals surface area (Å²) in [6.45, 7) is 2.18. The van der Waals surface area contributed by atoms with E-state index in [1.165, 1.54) is 16.3 Å². The predicted octanol–water partition coefficient (Wildman–Crippen LogP) is 4.55. The first kappa shape index (κ1) is 15.9. The Kier molecular flexibility index (Phi) is 4.50. The summed E-state index contributed by atoms with van der Waals surface area (Å²) >= 11 is 5.14. The van der Waals surface area contributed by atoms with Gasteiger partial charge in [0.1, 0.15) is 17.9 Å². The highest BCUT2D eigenvalue weighted by atomic mass is 32.1. The van der Waals surface area contributed by atoms with Crippen LogP contribution < -0.4 is 10.1 Å². The number of rotatable bonds is 6. The smallest absolute Gasteiger partial charge is 0.175 e. The van der Waals surface area contributed by atoms with Crippen LogP contribution in [-0.2, 0) is 6.54 Å². The molecule has 0 unspecified atom stereocenters. The van der Waals surface area contributed by atoms with Gasteiger partial charge in [0.2, 0.25) is 0 Å². The number of H-pyrrole nitrogens is 2. The summed E-state index contributed by atoms with van der Waals surface area (Å²) in [7, 11) is 0. The van der Waals surface area contributed by atoms with Crippen LogP contribution in [0.3, 0.4) is 0 Å². The fourth-order valence-corrected chi connectivity index (χ4v) is 3.27. The molecule has 25 heavy (non-hydrogen) atoms. The molecule has 0 saturated carbocycles. The molecule has 0 atom stereocenters. The molecule has 3 aromatic carbocycles. The van der Waals surface area contributed by atoms with E-state index in [9.17, 15) is 0 Å². The van der Waals surface area contributed by atoms with E-state index in [1.54, 1.807) is 0 Å². The maximum atomic E-state index is 5.90. The van der Waals surface area contributed by atoms with Crippen LogP contribution in [-0.4, -0.2) is 23.1 Å². The minimum atomic E-state index is 0.593. The lowest BCUT2D eigenvalue weighted by molar-refractivity contribution is 0.317. The Bertz CT molecular complexity index is 1060. The van der Waals surface area contributed by atoms with Crippen LogP contribution >= 0.6 is 12.2 Å². The fraction of sp³-hybridized carbons (Fsp3) is 0.150. The van der Waals surface area contributed by atoms with Crippen LogP contribution in [0.15, 0.2) is 60.7 Å². The summed E-state index contributed by atoms with van der Waals surface area (Å²) in [5.41, 5.74) is 3.18. The van der Waals surface area contributed by atoms with Crippen LogP contribution in [0, 0.1) is 4.77 Å². The van der Waals surface area contributed by atoms with E-state index in [4.69, 9.17) is 17.0 Å². The molecule has 1 heterocycles. The molecule has 4 aromatic rings. The van der Waals surface area contributed by atoms with E-state index in [1.807, 2.05) is 18.2 Å². The Morgan fingerprint density at radius 3 is 2.72 bits per heavy atom. The Hall–Kier alpha value is -2.63. The second-order valence-corrected chi connectivity index (χ2v) is 6.33. The zero-order valence-electron chi connectivity index (χ0n) is 13.7. The summed E-state index contributed by atoms with van der Waals surface area (Å²) < 4.78 is 6.51. The van der Waals surface area contributed by atoms with E-state index in [0.29, 0.717) is 11.4 Å². The molecule has 4 rings (SSSR count). The van der Waals surface area contributed by atoms with Gasteiger partial charge in [-0.25, -0.2) is 0 Å². The third-order valence-corrected chi connectivity index (χ3v) is 4.45. The summed E-state index contributed by atoms with van der Waals surface area (Å²) in [6.07, 6.45) is 0. The highest BCUT2D eigenvalue weighted by Gasteiger charge is 2.04. The lowest BCUT2D eigenvalue weighted by atomic mass is 10.0. The summed E-state index contributed by atoms with van der Waals surface area (Å²) in [6, 6.07) is 20.8. The largest absolute Gasteiger partial charge is 0.490 e. The Labute approximate surface area is 150 Å². The van der Waals surface area contributed by atoms with Crippen LogP contribution in [0.2, 0.25) is 0 Å². The molecular weight excluding hydrogens is 330 g/mol. The number of imidazole rings is 1. The summed E-state index contributed by atoms with van der Waals surface area (Å²) in [5.74, 6) is 0.816. The number of fused-ring (bicyclic) bond motifs is 2. The minimum Gasteiger partial charge on any atom is -0.490 e. The van der Waals surface area contributed by atoms with Gasteiger partial charge in [0.05, 0.1) is 5.52 Å². The van der Waals surface area contributed by atoms with Crippen LogP contribution in [0.25, 0.3) is 21.8 Å². The summed E-state index contributed by atoms with van der Waals surface area (Å²) in [5, 5.41) is 6.02. The normalized spacial score (nSPS) is 11.2. The van der Waals surface area contributed by atoms with Crippen molar-refractivity contribution in [1.29, 1.82) is 0 Å². The van der Waals surface area contributed by atoms with E-state index in [-0.39, 0.29) is 0 Å². The molecule has 0 aliphatic carbocycles. The van der Waals surface area contributed by atoms with Gasteiger partial charge in [-0.3, -0.25) is 0 Å². The van der Waals surface area contributed by atoms with Crippen molar-refractivity contribution in [3.63, 3.8) is 0 Å². The van der Waals surface area contributed by atoms with Gasteiger partial charge in [-0.15, -0.1) is 0 Å². The van der Waals surface area contributed by atoms with Gasteiger partial charge in [-0.05, 0) is 40.7 Å². The monoisotopic (exact) mass is 349 g/mol. The van der Waals surface area contributed by atoms with Crippen molar-refractivity contribution in [3.05, 3.63) is 71.0 Å². The molecular formula is C20H19N3OS. The van der Waals surface area contributed by atoms with Crippen molar-refractivity contribution in [2.75, 3.05) is 13.2 Å². The second-order valence-electron chi connectivity index (χ2n) is 5.92. The Morgan fingerprint density at radius 2 is 1.76 bits per heavy atom. The molecule has 4 nitrogen and oxygen atoms in total. The molecule has 0 saturated heterocycles. The van der Waals surface area contributed by atoms with Gasteiger partial charge in [-0.2, -0.15) is 0 Å².